The average molecular weight is 394 g/mol. The van der Waals surface area contributed by atoms with Crippen molar-refractivity contribution in [3.63, 3.8) is 0 Å². The Morgan fingerprint density at radius 1 is 1.19 bits per heavy atom. The Labute approximate surface area is 159 Å². The summed E-state index contributed by atoms with van der Waals surface area (Å²) >= 11 is 0. The van der Waals surface area contributed by atoms with Gasteiger partial charge in [0.05, 0.1) is 18.0 Å². The Kier molecular flexibility index (Phi) is 6.79. The molecular formula is C19H23FN2O4S. The molecule has 1 N–H and O–H groups in total. The van der Waals surface area contributed by atoms with Crippen molar-refractivity contribution >= 4 is 21.6 Å². The monoisotopic (exact) mass is 394 g/mol. The molecule has 0 saturated carbocycles. The number of carbonyl (C=O) groups excluding carboxylic acids is 1. The van der Waals surface area contributed by atoms with Crippen LogP contribution >= 0.6 is 0 Å². The van der Waals surface area contributed by atoms with Crippen LogP contribution in [-0.2, 0) is 21.4 Å². The Morgan fingerprint density at radius 3 is 2.41 bits per heavy atom. The fourth-order valence-electron chi connectivity index (χ4n) is 2.38. The predicted octanol–water partition coefficient (Wildman–Crippen LogP) is 2.70. The first kappa shape index (κ1) is 20.7. The molecule has 6 nitrogen and oxygen atoms in total. The van der Waals surface area contributed by atoms with E-state index in [2.05, 4.69) is 5.32 Å². The number of anilines is 1. The van der Waals surface area contributed by atoms with Crippen LogP contribution in [0.5, 0.6) is 5.75 Å². The van der Waals surface area contributed by atoms with Gasteiger partial charge in [-0.15, -0.1) is 0 Å². The first-order valence-corrected chi connectivity index (χ1v) is 10.3. The van der Waals surface area contributed by atoms with Crippen LogP contribution in [0.2, 0.25) is 0 Å². The molecule has 27 heavy (non-hydrogen) atoms. The van der Waals surface area contributed by atoms with Gasteiger partial charge in [0.25, 0.3) is 0 Å². The van der Waals surface area contributed by atoms with Crippen molar-refractivity contribution < 1.29 is 22.3 Å². The molecule has 0 aromatic heterocycles. The summed E-state index contributed by atoms with van der Waals surface area (Å²) in [6.07, 6.45) is 1.04. The number of nitrogens with zero attached hydrogens (tertiary/aromatic N) is 1. The lowest BCUT2D eigenvalue weighted by molar-refractivity contribution is -0.119. The van der Waals surface area contributed by atoms with Crippen molar-refractivity contribution in [2.45, 2.75) is 26.5 Å². The standard InChI is InChI=1S/C19H23FN2O4S/c1-14(2)26-18-9-7-15(8-10-18)12-21-19(23)13-22(27(3,24)25)17-6-4-5-16(20)11-17/h4-11,14H,12-13H2,1-3H3,(H,21,23). The van der Waals surface area contributed by atoms with Gasteiger partial charge in [0.1, 0.15) is 18.1 Å². The van der Waals surface area contributed by atoms with Crippen molar-refractivity contribution in [1.82, 2.24) is 5.32 Å². The first-order valence-electron chi connectivity index (χ1n) is 8.41. The molecule has 2 aromatic rings. The van der Waals surface area contributed by atoms with Gasteiger partial charge in [-0.25, -0.2) is 12.8 Å². The van der Waals surface area contributed by atoms with Crippen LogP contribution in [0.1, 0.15) is 19.4 Å². The van der Waals surface area contributed by atoms with E-state index >= 15 is 0 Å². The van der Waals surface area contributed by atoms with Gasteiger partial charge in [-0.1, -0.05) is 18.2 Å². The van der Waals surface area contributed by atoms with Gasteiger partial charge >= 0.3 is 0 Å². The smallest absolute Gasteiger partial charge is 0.241 e. The molecule has 146 valence electrons. The maximum Gasteiger partial charge on any atom is 0.241 e. The number of hydrogen-bond donors (Lipinski definition) is 1. The molecule has 1 amide bonds. The number of amides is 1. The zero-order chi connectivity index (χ0) is 20.0. The number of rotatable bonds is 8. The second-order valence-corrected chi connectivity index (χ2v) is 8.24. The third kappa shape index (κ3) is 6.56. The number of benzene rings is 2. The molecule has 0 unspecified atom stereocenters. The largest absolute Gasteiger partial charge is 0.491 e. The zero-order valence-electron chi connectivity index (χ0n) is 15.5. The molecule has 2 rings (SSSR count). The first-order chi connectivity index (χ1) is 12.6. The number of sulfonamides is 1. The molecule has 0 atom stereocenters. The Bertz CT molecular complexity index is 883. The summed E-state index contributed by atoms with van der Waals surface area (Å²) in [5, 5.41) is 2.67. The molecule has 2 aromatic carbocycles. The van der Waals surface area contributed by atoms with Gasteiger partial charge in [-0.05, 0) is 49.7 Å². The highest BCUT2D eigenvalue weighted by Gasteiger charge is 2.21. The maximum absolute atomic E-state index is 13.4. The van der Waals surface area contributed by atoms with Gasteiger partial charge in [-0.2, -0.15) is 0 Å². The van der Waals surface area contributed by atoms with Gasteiger partial charge in [-0.3, -0.25) is 9.10 Å². The van der Waals surface area contributed by atoms with Gasteiger partial charge in [0.2, 0.25) is 15.9 Å². The number of carbonyl (C=O) groups is 1. The fourth-order valence-corrected chi connectivity index (χ4v) is 3.22. The van der Waals surface area contributed by atoms with Crippen molar-refractivity contribution in [1.29, 1.82) is 0 Å². The molecule has 0 fully saturated rings. The van der Waals surface area contributed by atoms with Crippen LogP contribution in [0, 0.1) is 5.82 Å². The zero-order valence-corrected chi connectivity index (χ0v) is 16.3. The molecule has 0 aliphatic rings. The molecule has 0 aliphatic carbocycles. The van der Waals surface area contributed by atoms with E-state index in [4.69, 9.17) is 4.74 Å². The van der Waals surface area contributed by atoms with Crippen LogP contribution in [0.15, 0.2) is 48.5 Å². The summed E-state index contributed by atoms with van der Waals surface area (Å²) in [4.78, 5) is 12.2. The van der Waals surface area contributed by atoms with E-state index in [1.165, 1.54) is 18.2 Å². The molecule has 0 aliphatic heterocycles. The summed E-state index contributed by atoms with van der Waals surface area (Å²) in [5.41, 5.74) is 0.943. The van der Waals surface area contributed by atoms with E-state index in [1.54, 1.807) is 12.1 Å². The van der Waals surface area contributed by atoms with Crippen LogP contribution < -0.4 is 14.4 Å². The van der Waals surface area contributed by atoms with Gasteiger partial charge < -0.3 is 10.1 Å². The number of halogens is 1. The normalized spacial score (nSPS) is 11.3. The van der Waals surface area contributed by atoms with E-state index in [0.29, 0.717) is 0 Å². The van der Waals surface area contributed by atoms with E-state index in [1.807, 2.05) is 26.0 Å². The number of nitrogens with one attached hydrogen (secondary N) is 1. The summed E-state index contributed by atoms with van der Waals surface area (Å²) in [5.74, 6) is -0.341. The van der Waals surface area contributed by atoms with Crippen LogP contribution in [-0.4, -0.2) is 33.2 Å². The Morgan fingerprint density at radius 2 is 1.85 bits per heavy atom. The lowest BCUT2D eigenvalue weighted by Crippen LogP contribution is -2.40. The van der Waals surface area contributed by atoms with Crippen LogP contribution in [0.3, 0.4) is 0 Å². The quantitative estimate of drug-likeness (QED) is 0.747. The minimum absolute atomic E-state index is 0.0698. The minimum atomic E-state index is -3.74. The van der Waals surface area contributed by atoms with Crippen LogP contribution in [0.4, 0.5) is 10.1 Å². The maximum atomic E-state index is 13.4. The highest BCUT2D eigenvalue weighted by molar-refractivity contribution is 7.92. The fraction of sp³-hybridized carbons (Fsp3) is 0.316. The second kappa shape index (κ2) is 8.85. The van der Waals surface area contributed by atoms with E-state index < -0.39 is 28.3 Å². The van der Waals surface area contributed by atoms with Crippen molar-refractivity contribution in [3.8, 4) is 5.75 Å². The minimum Gasteiger partial charge on any atom is -0.491 e. The summed E-state index contributed by atoms with van der Waals surface area (Å²) in [6.45, 7) is 3.67. The third-order valence-electron chi connectivity index (χ3n) is 3.57. The topological polar surface area (TPSA) is 75.7 Å². The molecule has 0 spiro atoms. The lowest BCUT2D eigenvalue weighted by atomic mass is 10.2. The molecule has 0 saturated heterocycles. The number of hydrogen-bond acceptors (Lipinski definition) is 4. The van der Waals surface area contributed by atoms with Gasteiger partial charge in [0, 0.05) is 6.54 Å². The highest BCUT2D eigenvalue weighted by Crippen LogP contribution is 2.18. The molecule has 0 heterocycles. The Balaban J connectivity index is 2.00. The highest BCUT2D eigenvalue weighted by atomic mass is 32.2. The molecule has 0 bridgehead atoms. The average Bonchev–Trinajstić information content (AvgIpc) is 2.57. The second-order valence-electron chi connectivity index (χ2n) is 6.34. The number of ether oxygens (including phenoxy) is 1. The molecule has 8 heteroatoms. The Hall–Kier alpha value is -2.61. The van der Waals surface area contributed by atoms with Gasteiger partial charge in [0.15, 0.2) is 0 Å². The lowest BCUT2D eigenvalue weighted by Gasteiger charge is -2.22. The summed E-state index contributed by atoms with van der Waals surface area (Å²) in [7, 11) is -3.74. The summed E-state index contributed by atoms with van der Waals surface area (Å²) in [6, 6.07) is 12.3. The van der Waals surface area contributed by atoms with Crippen molar-refractivity contribution in [2.75, 3.05) is 17.1 Å². The SMILES string of the molecule is CC(C)Oc1ccc(CNC(=O)CN(c2cccc(F)c2)S(C)(=O)=O)cc1. The molecule has 0 radical (unpaired) electrons. The van der Waals surface area contributed by atoms with Crippen molar-refractivity contribution in [3.05, 3.63) is 59.9 Å². The van der Waals surface area contributed by atoms with Crippen LogP contribution in [0.25, 0.3) is 0 Å². The van der Waals surface area contributed by atoms with E-state index in [-0.39, 0.29) is 18.3 Å². The third-order valence-corrected chi connectivity index (χ3v) is 4.71. The predicted molar refractivity (Wildman–Crippen MR) is 103 cm³/mol. The van der Waals surface area contributed by atoms with E-state index in [9.17, 15) is 17.6 Å². The summed E-state index contributed by atoms with van der Waals surface area (Å²) < 4.78 is 43.8. The van der Waals surface area contributed by atoms with Crippen molar-refractivity contribution in [2.24, 2.45) is 0 Å². The van der Waals surface area contributed by atoms with E-state index in [0.717, 1.165) is 27.9 Å². The molecular weight excluding hydrogens is 371 g/mol.